The van der Waals surface area contributed by atoms with Crippen molar-refractivity contribution < 1.29 is 19.4 Å². The first-order valence-electron chi connectivity index (χ1n) is 8.74. The first kappa shape index (κ1) is 19.2. The van der Waals surface area contributed by atoms with Crippen LogP contribution in [0.1, 0.15) is 36.5 Å². The first-order valence-corrected chi connectivity index (χ1v) is 8.74. The van der Waals surface area contributed by atoms with Crippen LogP contribution in [0, 0.1) is 5.41 Å². The molecule has 1 fully saturated rings. The second-order valence-electron chi connectivity index (χ2n) is 6.96. The largest absolute Gasteiger partial charge is 0.483 e. The maximum Gasteiger partial charge on any atom is 0.259 e. The number of carbonyl (C=O) groups excluding carboxylic acids is 2. The van der Waals surface area contributed by atoms with E-state index in [1.54, 1.807) is 43.3 Å². The SMILES string of the molecule is CCCC1(CO)CCN(C(=O)c2ccccc2OCC(=O)N(C)C)C1. The van der Waals surface area contributed by atoms with Gasteiger partial charge < -0.3 is 19.6 Å². The number of nitrogens with zero attached hydrogens (tertiary/aromatic N) is 2. The van der Waals surface area contributed by atoms with Crippen molar-refractivity contribution in [1.82, 2.24) is 9.80 Å². The Morgan fingerprint density at radius 1 is 1.32 bits per heavy atom. The molecule has 1 aliphatic heterocycles. The zero-order valence-electron chi connectivity index (χ0n) is 15.3. The summed E-state index contributed by atoms with van der Waals surface area (Å²) in [5.74, 6) is 0.143. The number of amides is 2. The smallest absolute Gasteiger partial charge is 0.259 e. The lowest BCUT2D eigenvalue weighted by molar-refractivity contribution is -0.130. The number of aliphatic hydroxyl groups excluding tert-OH is 1. The van der Waals surface area contributed by atoms with Crippen LogP contribution < -0.4 is 4.74 Å². The van der Waals surface area contributed by atoms with E-state index in [2.05, 4.69) is 6.92 Å². The highest BCUT2D eigenvalue weighted by Gasteiger charge is 2.39. The number of benzene rings is 1. The van der Waals surface area contributed by atoms with Gasteiger partial charge in [-0.1, -0.05) is 25.5 Å². The fourth-order valence-electron chi connectivity index (χ4n) is 3.26. The topological polar surface area (TPSA) is 70.1 Å². The summed E-state index contributed by atoms with van der Waals surface area (Å²) in [4.78, 5) is 27.9. The predicted molar refractivity (Wildman–Crippen MR) is 95.6 cm³/mol. The Labute approximate surface area is 149 Å². The Hall–Kier alpha value is -2.08. The average molecular weight is 348 g/mol. The molecule has 1 N–H and O–H groups in total. The van der Waals surface area contributed by atoms with Crippen LogP contribution in [0.15, 0.2) is 24.3 Å². The van der Waals surface area contributed by atoms with E-state index < -0.39 is 0 Å². The van der Waals surface area contributed by atoms with Gasteiger partial charge in [-0.2, -0.15) is 0 Å². The molecule has 1 saturated heterocycles. The summed E-state index contributed by atoms with van der Waals surface area (Å²) in [6.07, 6.45) is 2.70. The van der Waals surface area contributed by atoms with E-state index >= 15 is 0 Å². The molecule has 2 amide bonds. The molecule has 1 aromatic rings. The fourth-order valence-corrected chi connectivity index (χ4v) is 3.26. The molecule has 6 nitrogen and oxygen atoms in total. The standard InChI is InChI=1S/C19H28N2O4/c1-4-9-19(14-22)10-11-21(13-19)18(24)15-7-5-6-8-16(15)25-12-17(23)20(2)3/h5-8,22H,4,9-14H2,1-3H3. The van der Waals surface area contributed by atoms with Crippen molar-refractivity contribution in [3.8, 4) is 5.75 Å². The van der Waals surface area contributed by atoms with Crippen molar-refractivity contribution in [1.29, 1.82) is 0 Å². The van der Waals surface area contributed by atoms with Crippen molar-refractivity contribution in [3.05, 3.63) is 29.8 Å². The number of para-hydroxylation sites is 1. The molecule has 1 aliphatic rings. The van der Waals surface area contributed by atoms with Gasteiger partial charge in [0, 0.05) is 32.6 Å². The van der Waals surface area contributed by atoms with E-state index in [0.717, 1.165) is 19.3 Å². The summed E-state index contributed by atoms with van der Waals surface area (Å²) >= 11 is 0. The molecular weight excluding hydrogens is 320 g/mol. The van der Waals surface area contributed by atoms with Gasteiger partial charge in [0.1, 0.15) is 5.75 Å². The molecule has 0 radical (unpaired) electrons. The van der Waals surface area contributed by atoms with Gasteiger partial charge in [-0.3, -0.25) is 9.59 Å². The summed E-state index contributed by atoms with van der Waals surface area (Å²) in [7, 11) is 3.32. The predicted octanol–water partition coefficient (Wildman–Crippen LogP) is 1.78. The molecule has 1 aromatic carbocycles. The normalized spacial score (nSPS) is 19.8. The Morgan fingerprint density at radius 2 is 2.04 bits per heavy atom. The third-order valence-electron chi connectivity index (χ3n) is 4.81. The third kappa shape index (κ3) is 4.51. The lowest BCUT2D eigenvalue weighted by Crippen LogP contribution is -2.34. The highest BCUT2D eigenvalue weighted by atomic mass is 16.5. The molecule has 0 saturated carbocycles. The van der Waals surface area contributed by atoms with E-state index in [1.807, 2.05) is 0 Å². The molecular formula is C19H28N2O4. The van der Waals surface area contributed by atoms with Crippen LogP contribution in [0.25, 0.3) is 0 Å². The van der Waals surface area contributed by atoms with Gasteiger partial charge in [0.15, 0.2) is 6.61 Å². The monoisotopic (exact) mass is 348 g/mol. The van der Waals surface area contributed by atoms with Gasteiger partial charge in [0.25, 0.3) is 11.8 Å². The van der Waals surface area contributed by atoms with Crippen LogP contribution in [0.4, 0.5) is 0 Å². The minimum absolute atomic E-state index is 0.0973. The fraction of sp³-hybridized carbons (Fsp3) is 0.579. The zero-order chi connectivity index (χ0) is 18.4. The minimum atomic E-state index is -0.193. The van der Waals surface area contributed by atoms with E-state index in [-0.39, 0.29) is 30.4 Å². The van der Waals surface area contributed by atoms with Crippen molar-refractivity contribution >= 4 is 11.8 Å². The van der Waals surface area contributed by atoms with E-state index in [1.165, 1.54) is 4.90 Å². The molecule has 2 rings (SSSR count). The van der Waals surface area contributed by atoms with Crippen molar-refractivity contribution in [2.45, 2.75) is 26.2 Å². The Morgan fingerprint density at radius 3 is 2.68 bits per heavy atom. The van der Waals surface area contributed by atoms with Crippen LogP contribution in [0.2, 0.25) is 0 Å². The lowest BCUT2D eigenvalue weighted by Gasteiger charge is -2.26. The number of hydrogen-bond donors (Lipinski definition) is 1. The average Bonchev–Trinajstić information content (AvgIpc) is 3.04. The zero-order valence-corrected chi connectivity index (χ0v) is 15.3. The number of likely N-dealkylation sites (tertiary alicyclic amines) is 1. The Kier molecular flexibility index (Phi) is 6.42. The van der Waals surface area contributed by atoms with Crippen molar-refractivity contribution in [3.63, 3.8) is 0 Å². The van der Waals surface area contributed by atoms with Gasteiger partial charge in [-0.05, 0) is 25.0 Å². The third-order valence-corrected chi connectivity index (χ3v) is 4.81. The lowest BCUT2D eigenvalue weighted by atomic mass is 9.83. The molecule has 0 aromatic heterocycles. The van der Waals surface area contributed by atoms with Crippen LogP contribution in [-0.2, 0) is 4.79 Å². The van der Waals surface area contributed by atoms with E-state index in [4.69, 9.17) is 4.74 Å². The molecule has 0 aliphatic carbocycles. The number of hydrogen-bond acceptors (Lipinski definition) is 4. The highest BCUT2D eigenvalue weighted by Crippen LogP contribution is 2.36. The van der Waals surface area contributed by atoms with Crippen LogP contribution in [0.5, 0.6) is 5.75 Å². The number of carbonyl (C=O) groups is 2. The van der Waals surface area contributed by atoms with E-state index in [0.29, 0.717) is 24.4 Å². The minimum Gasteiger partial charge on any atom is -0.483 e. The van der Waals surface area contributed by atoms with Crippen molar-refractivity contribution in [2.24, 2.45) is 5.41 Å². The maximum atomic E-state index is 12.9. The number of aliphatic hydroxyl groups is 1. The Bertz CT molecular complexity index is 617. The van der Waals surface area contributed by atoms with Crippen LogP contribution in [0.3, 0.4) is 0 Å². The molecule has 0 bridgehead atoms. The second kappa shape index (κ2) is 8.34. The summed E-state index contributed by atoms with van der Waals surface area (Å²) in [6.45, 7) is 3.27. The number of likely N-dealkylation sites (N-methyl/N-ethyl adjacent to an activating group) is 1. The number of rotatable bonds is 7. The molecule has 1 heterocycles. The van der Waals surface area contributed by atoms with Gasteiger partial charge in [-0.15, -0.1) is 0 Å². The highest BCUT2D eigenvalue weighted by molar-refractivity contribution is 5.97. The molecule has 138 valence electrons. The second-order valence-corrected chi connectivity index (χ2v) is 6.96. The first-order chi connectivity index (χ1) is 11.9. The van der Waals surface area contributed by atoms with Crippen molar-refractivity contribution in [2.75, 3.05) is 40.4 Å². The quantitative estimate of drug-likeness (QED) is 0.815. The van der Waals surface area contributed by atoms with Crippen LogP contribution >= 0.6 is 0 Å². The van der Waals surface area contributed by atoms with E-state index in [9.17, 15) is 14.7 Å². The molecule has 0 spiro atoms. The van der Waals surface area contributed by atoms with Gasteiger partial charge in [0.05, 0.1) is 12.2 Å². The maximum absolute atomic E-state index is 12.9. The Balaban J connectivity index is 2.11. The summed E-state index contributed by atoms with van der Waals surface area (Å²) in [6, 6.07) is 6.99. The summed E-state index contributed by atoms with van der Waals surface area (Å²) in [5.41, 5.74) is 0.264. The molecule has 1 unspecified atom stereocenters. The van der Waals surface area contributed by atoms with Crippen LogP contribution in [-0.4, -0.2) is 67.1 Å². The van der Waals surface area contributed by atoms with Gasteiger partial charge in [0.2, 0.25) is 0 Å². The molecule has 25 heavy (non-hydrogen) atoms. The molecule has 1 atom stereocenters. The van der Waals surface area contributed by atoms with Gasteiger partial charge in [-0.25, -0.2) is 0 Å². The molecule has 6 heteroatoms. The van der Waals surface area contributed by atoms with Gasteiger partial charge >= 0.3 is 0 Å². The number of ether oxygens (including phenoxy) is 1. The summed E-state index contributed by atoms with van der Waals surface area (Å²) in [5, 5.41) is 9.76. The summed E-state index contributed by atoms with van der Waals surface area (Å²) < 4.78 is 5.58.